The van der Waals surface area contributed by atoms with E-state index in [2.05, 4.69) is 20.3 Å². The molecular weight excluding hydrogens is 374 g/mol. The first kappa shape index (κ1) is 18.1. The predicted octanol–water partition coefficient (Wildman–Crippen LogP) is 3.41. The van der Waals surface area contributed by atoms with Gasteiger partial charge in [-0.05, 0) is 44.0 Å². The summed E-state index contributed by atoms with van der Waals surface area (Å²) in [6.45, 7) is 6.13. The van der Waals surface area contributed by atoms with Gasteiger partial charge in [0.2, 0.25) is 0 Å². The number of carbonyl (C=O) groups excluding carboxylic acids is 1. The number of hydrogen-bond acceptors (Lipinski definition) is 5. The molecule has 2 N–H and O–H groups in total. The minimum absolute atomic E-state index is 0.215. The molecule has 0 saturated heterocycles. The second-order valence-electron chi connectivity index (χ2n) is 6.64. The number of benzene rings is 1. The predicted molar refractivity (Wildman–Crippen MR) is 110 cm³/mol. The Morgan fingerprint density at radius 3 is 2.86 bits per heavy atom. The molecule has 1 aromatic carbocycles. The fourth-order valence-corrected chi connectivity index (χ4v) is 4.29. The van der Waals surface area contributed by atoms with Gasteiger partial charge in [-0.1, -0.05) is 12.1 Å². The van der Waals surface area contributed by atoms with Crippen LogP contribution in [-0.2, 0) is 6.54 Å². The van der Waals surface area contributed by atoms with E-state index in [0.29, 0.717) is 38.7 Å². The maximum atomic E-state index is 12.8. The number of aryl methyl sites for hydroxylation is 3. The van der Waals surface area contributed by atoms with E-state index in [9.17, 15) is 9.59 Å². The van der Waals surface area contributed by atoms with Crippen molar-refractivity contribution in [1.82, 2.24) is 19.5 Å². The number of aromatic nitrogens is 4. The number of anilines is 1. The van der Waals surface area contributed by atoms with Crippen molar-refractivity contribution >= 4 is 33.1 Å². The minimum atomic E-state index is -0.242. The molecule has 0 bridgehead atoms. The molecule has 3 aromatic heterocycles. The Bertz CT molecular complexity index is 1250. The first-order chi connectivity index (χ1) is 13.4. The molecule has 0 atom stereocenters. The van der Waals surface area contributed by atoms with Gasteiger partial charge < -0.3 is 14.9 Å². The van der Waals surface area contributed by atoms with E-state index >= 15 is 0 Å². The smallest absolute Gasteiger partial charge is 0.266 e. The van der Waals surface area contributed by atoms with Crippen molar-refractivity contribution in [3.8, 4) is 0 Å². The van der Waals surface area contributed by atoms with Crippen LogP contribution >= 0.6 is 11.3 Å². The van der Waals surface area contributed by atoms with Crippen LogP contribution in [0.15, 0.2) is 41.5 Å². The van der Waals surface area contributed by atoms with Gasteiger partial charge in [0.05, 0.1) is 10.3 Å². The molecule has 142 valence electrons. The quantitative estimate of drug-likeness (QED) is 0.556. The van der Waals surface area contributed by atoms with Crippen LogP contribution in [0.4, 0.5) is 5.69 Å². The van der Waals surface area contributed by atoms with Crippen LogP contribution in [0.25, 0.3) is 10.2 Å². The lowest BCUT2D eigenvalue weighted by molar-refractivity contribution is 0.103. The lowest BCUT2D eigenvalue weighted by Gasteiger charge is -2.09. The summed E-state index contributed by atoms with van der Waals surface area (Å²) in [5.74, 6) is 1.23. The summed E-state index contributed by atoms with van der Waals surface area (Å²) >= 11 is 1.23. The largest absolute Gasteiger partial charge is 0.331 e. The lowest BCUT2D eigenvalue weighted by atomic mass is 10.1. The first-order valence-corrected chi connectivity index (χ1v) is 9.62. The summed E-state index contributed by atoms with van der Waals surface area (Å²) in [5.41, 5.74) is 2.19. The number of nitrogens with one attached hydrogen (secondary N) is 2. The molecule has 7 nitrogen and oxygen atoms in total. The van der Waals surface area contributed by atoms with E-state index in [1.54, 1.807) is 20.0 Å². The number of nitrogens with zero attached hydrogens (tertiary/aromatic N) is 3. The Morgan fingerprint density at radius 1 is 1.29 bits per heavy atom. The van der Waals surface area contributed by atoms with Gasteiger partial charge in [-0.25, -0.2) is 9.97 Å². The third kappa shape index (κ3) is 3.34. The van der Waals surface area contributed by atoms with Crippen LogP contribution in [0.1, 0.15) is 32.4 Å². The number of imidazole rings is 1. The fourth-order valence-electron chi connectivity index (χ4n) is 3.17. The molecule has 8 heteroatoms. The van der Waals surface area contributed by atoms with Crippen molar-refractivity contribution in [3.63, 3.8) is 0 Å². The van der Waals surface area contributed by atoms with E-state index in [4.69, 9.17) is 0 Å². The van der Waals surface area contributed by atoms with Crippen molar-refractivity contribution in [1.29, 1.82) is 0 Å². The number of H-pyrrole nitrogens is 1. The van der Waals surface area contributed by atoms with Crippen molar-refractivity contribution in [2.75, 3.05) is 5.32 Å². The molecule has 0 aliphatic heterocycles. The number of hydrogen-bond donors (Lipinski definition) is 2. The second-order valence-corrected chi connectivity index (χ2v) is 7.64. The molecule has 4 aromatic rings. The Labute approximate surface area is 165 Å². The van der Waals surface area contributed by atoms with E-state index in [-0.39, 0.29) is 11.5 Å². The van der Waals surface area contributed by atoms with Crippen LogP contribution in [0.5, 0.6) is 0 Å². The number of thiophene rings is 1. The van der Waals surface area contributed by atoms with E-state index < -0.39 is 0 Å². The highest BCUT2D eigenvalue weighted by Crippen LogP contribution is 2.27. The summed E-state index contributed by atoms with van der Waals surface area (Å²) in [7, 11) is 0. The highest BCUT2D eigenvalue weighted by molar-refractivity contribution is 7.20. The normalized spacial score (nSPS) is 11.1. The highest BCUT2D eigenvalue weighted by Gasteiger charge is 2.19. The highest BCUT2D eigenvalue weighted by atomic mass is 32.1. The van der Waals surface area contributed by atoms with Gasteiger partial charge in [0, 0.05) is 24.6 Å². The summed E-state index contributed by atoms with van der Waals surface area (Å²) < 4.78 is 2.04. The molecular formula is C20H19N5O2S. The van der Waals surface area contributed by atoms with Crippen molar-refractivity contribution < 1.29 is 4.79 Å². The molecule has 0 saturated carbocycles. The molecule has 1 amide bonds. The van der Waals surface area contributed by atoms with Gasteiger partial charge in [0.25, 0.3) is 11.5 Å². The monoisotopic (exact) mass is 393 g/mol. The molecule has 3 heterocycles. The van der Waals surface area contributed by atoms with Crippen LogP contribution < -0.4 is 10.9 Å². The average molecular weight is 393 g/mol. The van der Waals surface area contributed by atoms with Crippen molar-refractivity contribution in [2.45, 2.75) is 27.3 Å². The number of fused-ring (bicyclic) bond motifs is 1. The van der Waals surface area contributed by atoms with Crippen LogP contribution in [0, 0.1) is 20.8 Å². The Kier molecular flexibility index (Phi) is 4.56. The Morgan fingerprint density at radius 2 is 2.11 bits per heavy atom. The third-order valence-electron chi connectivity index (χ3n) is 4.59. The summed E-state index contributed by atoms with van der Waals surface area (Å²) in [4.78, 5) is 37.4. The SMILES string of the molecule is Cc1nc2sc(C(=O)Nc3cccc(Cn4ccnc4C)c3)c(C)c2c(=O)[nH]1. The van der Waals surface area contributed by atoms with E-state index in [1.807, 2.05) is 42.0 Å². The minimum Gasteiger partial charge on any atom is -0.331 e. The second kappa shape index (κ2) is 7.05. The summed E-state index contributed by atoms with van der Waals surface area (Å²) in [6.07, 6.45) is 3.69. The van der Waals surface area contributed by atoms with Gasteiger partial charge in [0.1, 0.15) is 16.5 Å². The number of amides is 1. The number of rotatable bonds is 4. The number of carbonyl (C=O) groups is 1. The zero-order chi connectivity index (χ0) is 19.8. The molecule has 0 aliphatic carbocycles. The summed E-state index contributed by atoms with van der Waals surface area (Å²) in [6, 6.07) is 7.70. The molecule has 0 aliphatic rings. The van der Waals surface area contributed by atoms with Gasteiger partial charge in [-0.2, -0.15) is 0 Å². The maximum absolute atomic E-state index is 12.8. The molecule has 0 unspecified atom stereocenters. The molecule has 0 spiro atoms. The van der Waals surface area contributed by atoms with Gasteiger partial charge in [-0.15, -0.1) is 11.3 Å². The van der Waals surface area contributed by atoms with Crippen molar-refractivity contribution in [3.05, 3.63) is 74.7 Å². The topological polar surface area (TPSA) is 92.7 Å². The van der Waals surface area contributed by atoms with Crippen molar-refractivity contribution in [2.24, 2.45) is 0 Å². The Balaban J connectivity index is 1.61. The average Bonchev–Trinajstić information content (AvgIpc) is 3.18. The van der Waals surface area contributed by atoms with E-state index in [0.717, 1.165) is 11.4 Å². The number of aromatic amines is 1. The molecule has 28 heavy (non-hydrogen) atoms. The first-order valence-electron chi connectivity index (χ1n) is 8.80. The third-order valence-corrected chi connectivity index (χ3v) is 5.77. The van der Waals surface area contributed by atoms with E-state index in [1.165, 1.54) is 11.3 Å². The molecule has 4 rings (SSSR count). The fraction of sp³-hybridized carbons (Fsp3) is 0.200. The zero-order valence-electron chi connectivity index (χ0n) is 15.7. The van der Waals surface area contributed by atoms with Gasteiger partial charge >= 0.3 is 0 Å². The van der Waals surface area contributed by atoms with Crippen LogP contribution in [0.2, 0.25) is 0 Å². The Hall–Kier alpha value is -3.26. The molecule has 0 radical (unpaired) electrons. The molecule has 0 fully saturated rings. The lowest BCUT2D eigenvalue weighted by Crippen LogP contribution is -2.13. The van der Waals surface area contributed by atoms with Gasteiger partial charge in [-0.3, -0.25) is 9.59 Å². The van der Waals surface area contributed by atoms with Crippen LogP contribution in [-0.4, -0.2) is 25.4 Å². The maximum Gasteiger partial charge on any atom is 0.266 e. The van der Waals surface area contributed by atoms with Crippen LogP contribution in [0.3, 0.4) is 0 Å². The summed E-state index contributed by atoms with van der Waals surface area (Å²) in [5, 5.41) is 3.41. The van der Waals surface area contributed by atoms with Gasteiger partial charge in [0.15, 0.2) is 0 Å². The standard InChI is InChI=1S/C20H19N5O2S/c1-11-16-18(26)22-12(2)23-20(16)28-17(11)19(27)24-15-6-4-5-14(9-15)10-25-8-7-21-13(25)3/h4-9H,10H2,1-3H3,(H,24,27)(H,22,23,26). The zero-order valence-corrected chi connectivity index (χ0v) is 16.6.